The quantitative estimate of drug-likeness (QED) is 0.417. The zero-order chi connectivity index (χ0) is 23.4. The number of rotatable bonds is 7. The molecule has 2 heterocycles. The molecule has 0 atom stereocenters. The maximum atomic E-state index is 13.0. The number of carboxylic acid groups (broad SMARTS) is 1. The third-order valence-electron chi connectivity index (χ3n) is 5.11. The van der Waals surface area contributed by atoms with E-state index in [0.717, 1.165) is 16.9 Å². The van der Waals surface area contributed by atoms with E-state index < -0.39 is 11.9 Å². The molecule has 0 aliphatic rings. The van der Waals surface area contributed by atoms with E-state index in [4.69, 9.17) is 9.84 Å². The smallest absolute Gasteiger partial charge is 0.335 e. The van der Waals surface area contributed by atoms with Gasteiger partial charge in [-0.2, -0.15) is 0 Å². The molecule has 4 aromatic rings. The van der Waals surface area contributed by atoms with Crippen molar-refractivity contribution < 1.29 is 19.4 Å². The number of carboxylic acids is 1. The number of ether oxygens (including phenoxy) is 1. The number of halogens is 1. The number of amides is 1. The Bertz CT molecular complexity index is 1390. The highest BCUT2D eigenvalue weighted by Crippen LogP contribution is 2.12. The lowest BCUT2D eigenvalue weighted by molar-refractivity contribution is 0.0696. The number of fused-ring (bicyclic) bond motifs is 1. The zero-order valence-corrected chi connectivity index (χ0v) is 18.9. The number of aromatic carboxylic acids is 1. The molecule has 1 amide bonds. The summed E-state index contributed by atoms with van der Waals surface area (Å²) in [6, 6.07) is 15.0. The average molecular weight is 481 g/mol. The van der Waals surface area contributed by atoms with Crippen molar-refractivity contribution >= 4 is 35.2 Å². The van der Waals surface area contributed by atoms with Crippen LogP contribution in [0.15, 0.2) is 71.9 Å². The number of pyridine rings is 1. The Morgan fingerprint density at radius 1 is 1.03 bits per heavy atom. The molecule has 0 bridgehead atoms. The van der Waals surface area contributed by atoms with E-state index in [1.165, 1.54) is 35.3 Å². The van der Waals surface area contributed by atoms with E-state index in [1.807, 2.05) is 12.1 Å². The Labute approximate surface area is 200 Å². The molecule has 0 spiro atoms. The van der Waals surface area contributed by atoms with Crippen LogP contribution in [0.3, 0.4) is 0 Å². The van der Waals surface area contributed by atoms with Crippen LogP contribution in [-0.4, -0.2) is 38.6 Å². The molecular formula is C24H21ClN4O5. The Morgan fingerprint density at radius 3 is 2.35 bits per heavy atom. The number of nitrogens with one attached hydrogen (secondary N) is 1. The van der Waals surface area contributed by atoms with Gasteiger partial charge in [0, 0.05) is 6.54 Å². The number of carbonyl (C=O) groups excluding carboxylic acids is 1. The highest BCUT2D eigenvalue weighted by atomic mass is 35.5. The number of methoxy groups -OCH3 is 1. The highest BCUT2D eigenvalue weighted by Gasteiger charge is 2.12. The second kappa shape index (κ2) is 10.6. The van der Waals surface area contributed by atoms with Gasteiger partial charge in [-0.3, -0.25) is 14.2 Å². The normalized spacial score (nSPS) is 10.4. The molecule has 0 saturated carbocycles. The number of carbonyl (C=O) groups is 2. The van der Waals surface area contributed by atoms with Crippen LogP contribution in [0.4, 0.5) is 0 Å². The second-order valence-corrected chi connectivity index (χ2v) is 7.30. The first-order chi connectivity index (χ1) is 15.9. The van der Waals surface area contributed by atoms with Crippen LogP contribution in [0.25, 0.3) is 10.9 Å². The molecule has 2 N–H and O–H groups in total. The Morgan fingerprint density at radius 2 is 1.71 bits per heavy atom. The SMILES string of the molecule is COc1ccc(CNC(=O)c2cc3c(=O)n(Cc4ccc(C(=O)O)cc4)cnc3cn2)cc1.Cl. The van der Waals surface area contributed by atoms with Crippen LogP contribution in [0, 0.1) is 0 Å². The minimum Gasteiger partial charge on any atom is -0.497 e. The summed E-state index contributed by atoms with van der Waals surface area (Å²) in [6.07, 6.45) is 2.80. The standard InChI is InChI=1S/C24H20N4O5.ClH/c1-33-18-8-4-15(5-9-18)11-26-22(29)20-10-19-21(12-25-20)27-14-28(23(19)30)13-16-2-6-17(7-3-16)24(31)32;/h2-10,12,14H,11,13H2,1H3,(H,26,29)(H,31,32);1H. The molecule has 9 nitrogen and oxygen atoms in total. The molecule has 0 fully saturated rings. The van der Waals surface area contributed by atoms with Crippen molar-refractivity contribution in [2.75, 3.05) is 7.11 Å². The number of hydrogen-bond acceptors (Lipinski definition) is 6. The molecule has 0 aliphatic heterocycles. The second-order valence-electron chi connectivity index (χ2n) is 7.30. The number of hydrogen-bond donors (Lipinski definition) is 2. The van der Waals surface area contributed by atoms with Gasteiger partial charge in [-0.1, -0.05) is 24.3 Å². The van der Waals surface area contributed by atoms with Crippen molar-refractivity contribution in [3.63, 3.8) is 0 Å². The van der Waals surface area contributed by atoms with Gasteiger partial charge in [-0.05, 0) is 41.5 Å². The Kier molecular flexibility index (Phi) is 7.60. The monoisotopic (exact) mass is 480 g/mol. The molecular weight excluding hydrogens is 460 g/mol. The van der Waals surface area contributed by atoms with Gasteiger partial charge in [-0.15, -0.1) is 12.4 Å². The summed E-state index contributed by atoms with van der Waals surface area (Å²) in [7, 11) is 1.58. The van der Waals surface area contributed by atoms with Gasteiger partial charge in [0.1, 0.15) is 11.4 Å². The highest BCUT2D eigenvalue weighted by molar-refractivity contribution is 5.95. The summed E-state index contributed by atoms with van der Waals surface area (Å²) in [5.74, 6) is -0.703. The first-order valence-electron chi connectivity index (χ1n) is 10.0. The topological polar surface area (TPSA) is 123 Å². The lowest BCUT2D eigenvalue weighted by Crippen LogP contribution is -2.25. The third kappa shape index (κ3) is 5.38. The molecule has 0 aliphatic carbocycles. The summed E-state index contributed by atoms with van der Waals surface area (Å²) in [4.78, 5) is 45.0. The van der Waals surface area contributed by atoms with Crippen molar-refractivity contribution in [1.29, 1.82) is 0 Å². The lowest BCUT2D eigenvalue weighted by Gasteiger charge is -2.09. The van der Waals surface area contributed by atoms with E-state index in [0.29, 0.717) is 12.1 Å². The molecule has 174 valence electrons. The number of benzene rings is 2. The molecule has 0 saturated heterocycles. The predicted octanol–water partition coefficient (Wildman–Crippen LogP) is 2.90. The van der Waals surface area contributed by atoms with Gasteiger partial charge in [0.15, 0.2) is 0 Å². The van der Waals surface area contributed by atoms with Crippen LogP contribution in [0.5, 0.6) is 5.75 Å². The third-order valence-corrected chi connectivity index (χ3v) is 5.11. The van der Waals surface area contributed by atoms with E-state index in [-0.39, 0.29) is 41.2 Å². The van der Waals surface area contributed by atoms with Gasteiger partial charge >= 0.3 is 5.97 Å². The fourth-order valence-corrected chi connectivity index (χ4v) is 3.26. The summed E-state index contributed by atoms with van der Waals surface area (Å²) >= 11 is 0. The molecule has 4 rings (SSSR count). The van der Waals surface area contributed by atoms with Crippen molar-refractivity contribution in [3.05, 3.63) is 99.9 Å². The predicted molar refractivity (Wildman–Crippen MR) is 128 cm³/mol. The molecule has 10 heteroatoms. The minimum atomic E-state index is -1.02. The first-order valence-corrected chi connectivity index (χ1v) is 10.0. The van der Waals surface area contributed by atoms with E-state index in [1.54, 1.807) is 31.4 Å². The van der Waals surface area contributed by atoms with Crippen LogP contribution >= 0.6 is 12.4 Å². The van der Waals surface area contributed by atoms with Gasteiger partial charge in [0.05, 0.1) is 42.6 Å². The summed E-state index contributed by atoms with van der Waals surface area (Å²) < 4.78 is 6.52. The molecule has 2 aromatic carbocycles. The molecule has 0 radical (unpaired) electrons. The van der Waals surface area contributed by atoms with E-state index in [2.05, 4.69) is 15.3 Å². The Hall–Kier alpha value is -4.24. The van der Waals surface area contributed by atoms with Gasteiger partial charge in [-0.25, -0.2) is 14.8 Å². The molecule has 2 aromatic heterocycles. The maximum Gasteiger partial charge on any atom is 0.335 e. The van der Waals surface area contributed by atoms with E-state index >= 15 is 0 Å². The zero-order valence-electron chi connectivity index (χ0n) is 18.1. The van der Waals surface area contributed by atoms with E-state index in [9.17, 15) is 14.4 Å². The summed E-state index contributed by atoms with van der Waals surface area (Å²) in [5.41, 5.74) is 1.97. The lowest BCUT2D eigenvalue weighted by atomic mass is 10.1. The molecule has 0 unspecified atom stereocenters. The molecule has 34 heavy (non-hydrogen) atoms. The van der Waals surface area contributed by atoms with Crippen LogP contribution < -0.4 is 15.6 Å². The fourth-order valence-electron chi connectivity index (χ4n) is 3.26. The maximum absolute atomic E-state index is 13.0. The van der Waals surface area contributed by atoms with Crippen molar-refractivity contribution in [2.24, 2.45) is 0 Å². The summed E-state index contributed by atoms with van der Waals surface area (Å²) in [6.45, 7) is 0.509. The first kappa shape index (κ1) is 24.4. The van der Waals surface area contributed by atoms with Crippen LogP contribution in [0.2, 0.25) is 0 Å². The average Bonchev–Trinajstić information content (AvgIpc) is 2.84. The fraction of sp³-hybridized carbons (Fsp3) is 0.125. The van der Waals surface area contributed by atoms with Crippen molar-refractivity contribution in [1.82, 2.24) is 19.9 Å². The largest absolute Gasteiger partial charge is 0.497 e. The van der Waals surface area contributed by atoms with Crippen LogP contribution in [0.1, 0.15) is 32.0 Å². The number of aromatic nitrogens is 3. The Balaban J connectivity index is 0.00000324. The summed E-state index contributed by atoms with van der Waals surface area (Å²) in [5, 5.41) is 12.1. The number of nitrogens with zero attached hydrogens (tertiary/aromatic N) is 3. The minimum absolute atomic E-state index is 0. The van der Waals surface area contributed by atoms with Gasteiger partial charge in [0.25, 0.3) is 11.5 Å². The van der Waals surface area contributed by atoms with Crippen molar-refractivity contribution in [3.8, 4) is 5.75 Å². The van der Waals surface area contributed by atoms with Gasteiger partial charge < -0.3 is 15.2 Å². The van der Waals surface area contributed by atoms with Crippen LogP contribution in [-0.2, 0) is 13.1 Å². The van der Waals surface area contributed by atoms with Crippen molar-refractivity contribution in [2.45, 2.75) is 13.1 Å². The van der Waals surface area contributed by atoms with Gasteiger partial charge in [0.2, 0.25) is 0 Å².